The van der Waals surface area contributed by atoms with E-state index in [1.165, 1.54) is 22.2 Å². The van der Waals surface area contributed by atoms with Crippen molar-refractivity contribution in [1.29, 1.82) is 0 Å². The summed E-state index contributed by atoms with van der Waals surface area (Å²) in [7, 11) is 0. The number of aromatic nitrogens is 1. The van der Waals surface area contributed by atoms with Gasteiger partial charge in [0.15, 0.2) is 0 Å². The molecule has 0 saturated carbocycles. The van der Waals surface area contributed by atoms with Crippen LogP contribution in [0.4, 0.5) is 0 Å². The quantitative estimate of drug-likeness (QED) is 0.695. The molecule has 17 heavy (non-hydrogen) atoms. The Morgan fingerprint density at radius 1 is 1.18 bits per heavy atom. The van der Waals surface area contributed by atoms with Gasteiger partial charge >= 0.3 is 0 Å². The summed E-state index contributed by atoms with van der Waals surface area (Å²) in [5.41, 5.74) is 0. The van der Waals surface area contributed by atoms with Gasteiger partial charge in [-0.2, -0.15) is 0 Å². The smallest absolute Gasteiger partial charge is 0.0833 e. The largest absolute Gasteiger partial charge is 0.342 e. The van der Waals surface area contributed by atoms with Gasteiger partial charge < -0.3 is 4.57 Å². The third-order valence-electron chi connectivity index (χ3n) is 2.61. The number of hydrogen-bond acceptors (Lipinski definition) is 1. The van der Waals surface area contributed by atoms with Gasteiger partial charge in [-0.25, -0.2) is 0 Å². The highest BCUT2D eigenvalue weighted by atomic mass is 32.2. The lowest BCUT2D eigenvalue weighted by Crippen LogP contribution is -2.09. The number of rotatable bonds is 3. The number of benzene rings is 1. The van der Waals surface area contributed by atoms with E-state index in [0.29, 0.717) is 0 Å². The van der Waals surface area contributed by atoms with Crippen LogP contribution in [-0.4, -0.2) is 9.31 Å². The predicted octanol–water partition coefficient (Wildman–Crippen LogP) is 4.94. The first-order valence-corrected chi connectivity index (χ1v) is 7.10. The SMILES string of the molecule is CCCn1cc2ccccc2c1SC(C)(C)C. The van der Waals surface area contributed by atoms with Gasteiger partial charge in [-0.1, -0.05) is 52.0 Å². The van der Waals surface area contributed by atoms with Crippen LogP contribution < -0.4 is 0 Å². The fourth-order valence-electron chi connectivity index (χ4n) is 2.00. The zero-order valence-corrected chi connectivity index (χ0v) is 12.0. The van der Waals surface area contributed by atoms with Gasteiger partial charge in [0.1, 0.15) is 0 Å². The Bertz CT molecular complexity index is 505. The van der Waals surface area contributed by atoms with Crippen LogP contribution in [0.15, 0.2) is 35.5 Å². The molecule has 92 valence electrons. The molecule has 1 nitrogen and oxygen atoms in total. The third kappa shape index (κ3) is 2.86. The summed E-state index contributed by atoms with van der Waals surface area (Å²) < 4.78 is 2.66. The first kappa shape index (κ1) is 12.6. The molecule has 1 aromatic carbocycles. The highest BCUT2D eigenvalue weighted by Crippen LogP contribution is 2.37. The second kappa shape index (κ2) is 4.77. The monoisotopic (exact) mass is 247 g/mol. The van der Waals surface area contributed by atoms with E-state index in [4.69, 9.17) is 0 Å². The zero-order chi connectivity index (χ0) is 12.5. The van der Waals surface area contributed by atoms with E-state index in [2.05, 4.69) is 62.7 Å². The van der Waals surface area contributed by atoms with E-state index in [1.54, 1.807) is 0 Å². The second-order valence-electron chi connectivity index (χ2n) is 5.43. The Hall–Kier alpha value is -0.890. The number of thioether (sulfide) groups is 1. The molecule has 0 aliphatic heterocycles. The summed E-state index contributed by atoms with van der Waals surface area (Å²) in [4.78, 5) is 0. The third-order valence-corrected chi connectivity index (χ3v) is 3.87. The minimum absolute atomic E-state index is 0.257. The molecule has 0 atom stereocenters. The predicted molar refractivity (Wildman–Crippen MR) is 77.8 cm³/mol. The Morgan fingerprint density at radius 2 is 1.88 bits per heavy atom. The van der Waals surface area contributed by atoms with Crippen LogP contribution in [-0.2, 0) is 6.54 Å². The minimum atomic E-state index is 0.257. The maximum absolute atomic E-state index is 2.40. The lowest BCUT2D eigenvalue weighted by atomic mass is 10.2. The van der Waals surface area contributed by atoms with Crippen LogP contribution in [0.2, 0.25) is 0 Å². The molecule has 0 aliphatic rings. The summed E-state index contributed by atoms with van der Waals surface area (Å²) in [5, 5.41) is 4.16. The summed E-state index contributed by atoms with van der Waals surface area (Å²) >= 11 is 1.97. The molecular formula is C15H21NS. The first-order valence-electron chi connectivity index (χ1n) is 6.28. The van der Waals surface area contributed by atoms with Crippen molar-refractivity contribution in [2.45, 2.75) is 50.4 Å². The van der Waals surface area contributed by atoms with Gasteiger partial charge in [-0.15, -0.1) is 11.8 Å². The molecule has 1 aromatic heterocycles. The second-order valence-corrected chi connectivity index (χ2v) is 7.24. The van der Waals surface area contributed by atoms with Crippen molar-refractivity contribution in [2.24, 2.45) is 0 Å². The lowest BCUT2D eigenvalue weighted by molar-refractivity contribution is 0.636. The molecule has 0 saturated heterocycles. The molecule has 0 bridgehead atoms. The van der Waals surface area contributed by atoms with Crippen molar-refractivity contribution < 1.29 is 0 Å². The molecule has 0 N–H and O–H groups in total. The molecule has 0 amide bonds. The summed E-state index contributed by atoms with van der Waals surface area (Å²) in [6, 6.07) is 8.68. The number of fused-ring (bicyclic) bond motifs is 1. The van der Waals surface area contributed by atoms with Crippen LogP contribution in [0, 0.1) is 0 Å². The van der Waals surface area contributed by atoms with Crippen LogP contribution in [0.3, 0.4) is 0 Å². The normalized spacial score (nSPS) is 12.2. The molecule has 0 spiro atoms. The fraction of sp³-hybridized carbons (Fsp3) is 0.467. The van der Waals surface area contributed by atoms with Gasteiger partial charge in [0.2, 0.25) is 0 Å². The summed E-state index contributed by atoms with van der Waals surface area (Å²) in [6.45, 7) is 10.2. The van der Waals surface area contributed by atoms with E-state index in [0.717, 1.165) is 6.54 Å². The van der Waals surface area contributed by atoms with Gasteiger partial charge in [0.25, 0.3) is 0 Å². The lowest BCUT2D eigenvalue weighted by Gasteiger charge is -2.19. The molecule has 2 heteroatoms. The zero-order valence-electron chi connectivity index (χ0n) is 11.2. The van der Waals surface area contributed by atoms with E-state index < -0.39 is 0 Å². The van der Waals surface area contributed by atoms with E-state index >= 15 is 0 Å². The van der Waals surface area contributed by atoms with Crippen LogP contribution in [0.1, 0.15) is 34.1 Å². The average Bonchev–Trinajstić information content (AvgIpc) is 2.56. The van der Waals surface area contributed by atoms with Gasteiger partial charge in [0.05, 0.1) is 5.03 Å². The minimum Gasteiger partial charge on any atom is -0.342 e. The molecular weight excluding hydrogens is 226 g/mol. The molecule has 0 aliphatic carbocycles. The molecule has 2 rings (SSSR count). The standard InChI is InChI=1S/C15H21NS/c1-5-10-16-11-12-8-6-7-9-13(12)14(16)17-15(2,3)4/h6-9,11H,5,10H2,1-4H3. The Kier molecular flexibility index (Phi) is 3.53. The van der Waals surface area contributed by atoms with Crippen molar-refractivity contribution in [3.63, 3.8) is 0 Å². The molecule has 2 aromatic rings. The van der Waals surface area contributed by atoms with Crippen molar-refractivity contribution in [1.82, 2.24) is 4.57 Å². The van der Waals surface area contributed by atoms with Crippen molar-refractivity contribution in [3.8, 4) is 0 Å². The number of hydrogen-bond donors (Lipinski definition) is 0. The first-order chi connectivity index (χ1) is 8.01. The van der Waals surface area contributed by atoms with Crippen molar-refractivity contribution >= 4 is 22.5 Å². The number of nitrogens with zero attached hydrogens (tertiary/aromatic N) is 1. The highest BCUT2D eigenvalue weighted by molar-refractivity contribution is 8.00. The highest BCUT2D eigenvalue weighted by Gasteiger charge is 2.17. The Balaban J connectivity index is 2.51. The van der Waals surface area contributed by atoms with Crippen LogP contribution in [0.25, 0.3) is 10.8 Å². The Morgan fingerprint density at radius 3 is 2.53 bits per heavy atom. The van der Waals surface area contributed by atoms with Crippen LogP contribution in [0.5, 0.6) is 0 Å². The summed E-state index contributed by atoms with van der Waals surface area (Å²) in [5.74, 6) is 0. The fourth-order valence-corrected chi connectivity index (χ4v) is 3.13. The summed E-state index contributed by atoms with van der Waals surface area (Å²) in [6.07, 6.45) is 3.46. The van der Waals surface area contributed by atoms with E-state index in [-0.39, 0.29) is 4.75 Å². The maximum atomic E-state index is 2.40. The molecule has 0 unspecified atom stereocenters. The van der Waals surface area contributed by atoms with E-state index in [1.807, 2.05) is 11.8 Å². The van der Waals surface area contributed by atoms with Gasteiger partial charge in [0, 0.05) is 28.3 Å². The maximum Gasteiger partial charge on any atom is 0.0833 e. The topological polar surface area (TPSA) is 4.93 Å². The van der Waals surface area contributed by atoms with Crippen molar-refractivity contribution in [3.05, 3.63) is 30.5 Å². The number of aryl methyl sites for hydroxylation is 1. The molecule has 1 heterocycles. The molecule has 0 fully saturated rings. The van der Waals surface area contributed by atoms with Crippen LogP contribution >= 0.6 is 11.8 Å². The van der Waals surface area contributed by atoms with Crippen molar-refractivity contribution in [2.75, 3.05) is 0 Å². The molecule has 0 radical (unpaired) electrons. The van der Waals surface area contributed by atoms with E-state index in [9.17, 15) is 0 Å². The van der Waals surface area contributed by atoms with Gasteiger partial charge in [-0.05, 0) is 6.42 Å². The Labute approximate surface area is 108 Å². The van der Waals surface area contributed by atoms with Gasteiger partial charge in [-0.3, -0.25) is 0 Å². The average molecular weight is 247 g/mol.